The lowest BCUT2D eigenvalue weighted by atomic mass is 10.0. The number of benzene rings is 2. The number of carbonyl (C=O) groups is 1. The van der Waals surface area contributed by atoms with Gasteiger partial charge in [-0.1, -0.05) is 48.5 Å². The third-order valence-corrected chi connectivity index (χ3v) is 4.42. The maximum absolute atomic E-state index is 12.9. The second-order valence-corrected chi connectivity index (χ2v) is 6.37. The Bertz CT molecular complexity index is 954. The van der Waals surface area contributed by atoms with Gasteiger partial charge in [-0.25, -0.2) is 0 Å². The summed E-state index contributed by atoms with van der Waals surface area (Å²) < 4.78 is 5.24. The van der Waals surface area contributed by atoms with Crippen molar-refractivity contribution in [1.29, 1.82) is 5.26 Å². The summed E-state index contributed by atoms with van der Waals surface area (Å²) in [4.78, 5) is 19.0. The molecule has 3 rings (SSSR count). The molecular formula is C24H21N3O2. The monoisotopic (exact) mass is 383 g/mol. The van der Waals surface area contributed by atoms with Gasteiger partial charge in [0.25, 0.3) is 0 Å². The molecule has 1 atom stereocenters. The van der Waals surface area contributed by atoms with Gasteiger partial charge >= 0.3 is 0 Å². The number of rotatable bonds is 7. The van der Waals surface area contributed by atoms with Crippen LogP contribution < -0.4 is 4.74 Å². The van der Waals surface area contributed by atoms with Gasteiger partial charge in [-0.3, -0.25) is 9.78 Å². The molecule has 0 saturated carbocycles. The van der Waals surface area contributed by atoms with Gasteiger partial charge in [0.05, 0.1) is 11.7 Å². The van der Waals surface area contributed by atoms with E-state index in [4.69, 9.17) is 10.00 Å². The molecule has 0 aliphatic heterocycles. The third kappa shape index (κ3) is 5.30. The van der Waals surface area contributed by atoms with E-state index < -0.39 is 0 Å². The Kier molecular flexibility index (Phi) is 6.75. The molecule has 0 radical (unpaired) electrons. The number of hydrogen-bond acceptors (Lipinski definition) is 4. The lowest BCUT2D eigenvalue weighted by Crippen LogP contribution is -2.31. The zero-order valence-corrected chi connectivity index (χ0v) is 16.1. The number of nitrogens with zero attached hydrogens (tertiary/aromatic N) is 3. The van der Waals surface area contributed by atoms with Crippen molar-refractivity contribution in [2.24, 2.45) is 0 Å². The highest BCUT2D eigenvalue weighted by molar-refractivity contribution is 5.92. The molecule has 1 heterocycles. The van der Waals surface area contributed by atoms with Gasteiger partial charge in [0.2, 0.25) is 5.91 Å². The standard InChI is InChI=1S/C24H21N3O2/c1-27(23(28)15-12-19-10-13-21(14-11-19)29-18-16-25)24(20-7-3-2-4-8-20)22-9-5-6-17-26-22/h2-15,17,24H,18H2,1H3. The number of amides is 1. The molecule has 1 amide bonds. The first kappa shape index (κ1) is 19.8. The maximum atomic E-state index is 12.9. The van der Waals surface area contributed by atoms with Crippen LogP contribution in [0.2, 0.25) is 0 Å². The summed E-state index contributed by atoms with van der Waals surface area (Å²) >= 11 is 0. The molecule has 0 aliphatic rings. The van der Waals surface area contributed by atoms with E-state index in [1.54, 1.807) is 42.4 Å². The minimum Gasteiger partial charge on any atom is -0.479 e. The zero-order chi connectivity index (χ0) is 20.5. The largest absolute Gasteiger partial charge is 0.479 e. The Morgan fingerprint density at radius 1 is 1.10 bits per heavy atom. The van der Waals surface area contributed by atoms with Crippen molar-refractivity contribution in [2.45, 2.75) is 6.04 Å². The second-order valence-electron chi connectivity index (χ2n) is 6.37. The number of hydrogen-bond donors (Lipinski definition) is 0. The lowest BCUT2D eigenvalue weighted by Gasteiger charge is -2.27. The van der Waals surface area contributed by atoms with E-state index >= 15 is 0 Å². The molecule has 29 heavy (non-hydrogen) atoms. The van der Waals surface area contributed by atoms with E-state index in [9.17, 15) is 4.79 Å². The topological polar surface area (TPSA) is 66.2 Å². The minimum atomic E-state index is -0.281. The SMILES string of the molecule is CN(C(=O)C=Cc1ccc(OCC#N)cc1)C(c1ccccc1)c1ccccn1. The third-order valence-electron chi connectivity index (χ3n) is 4.42. The van der Waals surface area contributed by atoms with Crippen molar-refractivity contribution >= 4 is 12.0 Å². The number of likely N-dealkylation sites (N-methyl/N-ethyl adjacent to an activating group) is 1. The van der Waals surface area contributed by atoms with E-state index in [-0.39, 0.29) is 18.6 Å². The van der Waals surface area contributed by atoms with Gasteiger partial charge in [-0.2, -0.15) is 5.26 Å². The molecule has 3 aromatic rings. The van der Waals surface area contributed by atoms with Gasteiger partial charge in [-0.15, -0.1) is 0 Å². The predicted molar refractivity (Wildman–Crippen MR) is 112 cm³/mol. The highest BCUT2D eigenvalue weighted by atomic mass is 16.5. The van der Waals surface area contributed by atoms with Gasteiger partial charge in [0, 0.05) is 19.3 Å². The number of nitriles is 1. The molecule has 0 spiro atoms. The average molecular weight is 383 g/mol. The van der Waals surface area contributed by atoms with E-state index in [1.807, 2.05) is 66.7 Å². The predicted octanol–water partition coefficient (Wildman–Crippen LogP) is 4.25. The molecule has 0 aliphatic carbocycles. The molecule has 0 saturated heterocycles. The molecule has 5 nitrogen and oxygen atoms in total. The molecular weight excluding hydrogens is 362 g/mol. The lowest BCUT2D eigenvalue weighted by molar-refractivity contribution is -0.126. The Morgan fingerprint density at radius 3 is 2.48 bits per heavy atom. The van der Waals surface area contributed by atoms with Crippen LogP contribution in [-0.2, 0) is 4.79 Å². The fourth-order valence-electron chi connectivity index (χ4n) is 2.97. The van der Waals surface area contributed by atoms with Gasteiger partial charge in [0.15, 0.2) is 6.61 Å². The highest BCUT2D eigenvalue weighted by Gasteiger charge is 2.23. The van der Waals surface area contributed by atoms with Crippen LogP contribution in [0, 0.1) is 11.3 Å². The summed E-state index contributed by atoms with van der Waals surface area (Å²) in [5, 5.41) is 8.56. The van der Waals surface area contributed by atoms with Crippen molar-refractivity contribution in [3.05, 3.63) is 102 Å². The second kappa shape index (κ2) is 9.86. The molecule has 1 unspecified atom stereocenters. The number of pyridine rings is 1. The van der Waals surface area contributed by atoms with E-state index in [0.717, 1.165) is 16.8 Å². The van der Waals surface area contributed by atoms with Crippen LogP contribution in [0.4, 0.5) is 0 Å². The summed E-state index contributed by atoms with van der Waals surface area (Å²) in [7, 11) is 1.78. The Hall–Kier alpha value is -3.91. The van der Waals surface area contributed by atoms with Crippen LogP contribution in [0.15, 0.2) is 85.1 Å². The quantitative estimate of drug-likeness (QED) is 0.572. The van der Waals surface area contributed by atoms with Crippen molar-refractivity contribution in [3.63, 3.8) is 0 Å². The van der Waals surface area contributed by atoms with Crippen molar-refractivity contribution in [2.75, 3.05) is 13.7 Å². The fraction of sp³-hybridized carbons (Fsp3) is 0.125. The first-order valence-electron chi connectivity index (χ1n) is 9.19. The van der Waals surface area contributed by atoms with Crippen molar-refractivity contribution in [1.82, 2.24) is 9.88 Å². The summed E-state index contributed by atoms with van der Waals surface area (Å²) in [6, 6.07) is 24.4. The van der Waals surface area contributed by atoms with E-state index in [0.29, 0.717) is 5.75 Å². The molecule has 0 N–H and O–H groups in total. The first-order chi connectivity index (χ1) is 14.2. The van der Waals surface area contributed by atoms with Crippen LogP contribution in [0.3, 0.4) is 0 Å². The maximum Gasteiger partial charge on any atom is 0.247 e. The Balaban J connectivity index is 1.77. The normalized spacial score (nSPS) is 11.6. The highest BCUT2D eigenvalue weighted by Crippen LogP contribution is 2.26. The van der Waals surface area contributed by atoms with E-state index in [2.05, 4.69) is 4.98 Å². The number of carbonyl (C=O) groups excluding carboxylic acids is 1. The zero-order valence-electron chi connectivity index (χ0n) is 16.1. The first-order valence-corrected chi connectivity index (χ1v) is 9.19. The summed E-state index contributed by atoms with van der Waals surface area (Å²) in [5.74, 6) is 0.487. The van der Waals surface area contributed by atoms with E-state index in [1.165, 1.54) is 0 Å². The van der Waals surface area contributed by atoms with Crippen LogP contribution in [-0.4, -0.2) is 29.4 Å². The average Bonchev–Trinajstić information content (AvgIpc) is 2.78. The molecule has 5 heteroatoms. The molecule has 1 aromatic heterocycles. The molecule has 0 fully saturated rings. The van der Waals surface area contributed by atoms with Crippen LogP contribution in [0.25, 0.3) is 6.08 Å². The smallest absolute Gasteiger partial charge is 0.247 e. The van der Waals surface area contributed by atoms with Crippen molar-refractivity contribution < 1.29 is 9.53 Å². The summed E-state index contributed by atoms with van der Waals surface area (Å²) in [5.41, 5.74) is 2.67. The Labute approximate surface area is 170 Å². The van der Waals surface area contributed by atoms with Gasteiger partial charge in [-0.05, 0) is 41.5 Å². The molecule has 0 bridgehead atoms. The van der Waals surface area contributed by atoms with Crippen LogP contribution in [0.5, 0.6) is 5.75 Å². The number of aromatic nitrogens is 1. The van der Waals surface area contributed by atoms with Gasteiger partial charge in [0.1, 0.15) is 11.8 Å². The van der Waals surface area contributed by atoms with Gasteiger partial charge < -0.3 is 9.64 Å². The van der Waals surface area contributed by atoms with Crippen molar-refractivity contribution in [3.8, 4) is 11.8 Å². The fourth-order valence-corrected chi connectivity index (χ4v) is 2.97. The number of ether oxygens (including phenoxy) is 1. The Morgan fingerprint density at radius 2 is 1.83 bits per heavy atom. The molecule has 144 valence electrons. The summed E-state index contributed by atoms with van der Waals surface area (Å²) in [6.07, 6.45) is 5.03. The van der Waals surface area contributed by atoms with Crippen LogP contribution >= 0.6 is 0 Å². The summed E-state index contributed by atoms with van der Waals surface area (Å²) in [6.45, 7) is 0.00681. The molecule has 2 aromatic carbocycles. The minimum absolute atomic E-state index is 0.00681. The van der Waals surface area contributed by atoms with Crippen LogP contribution in [0.1, 0.15) is 22.9 Å².